The lowest BCUT2D eigenvalue weighted by Gasteiger charge is -2.23. The van der Waals surface area contributed by atoms with E-state index in [0.717, 1.165) is 27.2 Å². The Labute approximate surface area is 139 Å². The van der Waals surface area contributed by atoms with Crippen LogP contribution in [0, 0.1) is 3.57 Å². The van der Waals surface area contributed by atoms with Gasteiger partial charge in [-0.3, -0.25) is 0 Å². The summed E-state index contributed by atoms with van der Waals surface area (Å²) in [6, 6.07) is 10.2. The van der Waals surface area contributed by atoms with Gasteiger partial charge in [0.2, 0.25) is 0 Å². The van der Waals surface area contributed by atoms with Crippen LogP contribution in [0.1, 0.15) is 26.6 Å². The molecule has 0 unspecified atom stereocenters. The molecule has 0 saturated carbocycles. The van der Waals surface area contributed by atoms with E-state index in [0.29, 0.717) is 5.82 Å². The van der Waals surface area contributed by atoms with E-state index in [4.69, 9.17) is 9.72 Å². The van der Waals surface area contributed by atoms with Gasteiger partial charge in [0, 0.05) is 19.2 Å². The van der Waals surface area contributed by atoms with Crippen LogP contribution in [0.25, 0.3) is 11.3 Å². The molecule has 0 aliphatic heterocycles. The number of aromatic nitrogens is 2. The smallest absolute Gasteiger partial charge is 0.162 e. The van der Waals surface area contributed by atoms with Crippen LogP contribution in [0.4, 0.5) is 5.82 Å². The maximum atomic E-state index is 5.53. The number of ether oxygens (including phenoxy) is 1. The van der Waals surface area contributed by atoms with Crippen LogP contribution in [0.2, 0.25) is 0 Å². The van der Waals surface area contributed by atoms with Crippen LogP contribution >= 0.6 is 22.6 Å². The average Bonchev–Trinajstić information content (AvgIpc) is 2.50. The van der Waals surface area contributed by atoms with Gasteiger partial charge in [0.05, 0.1) is 9.26 Å². The van der Waals surface area contributed by atoms with Gasteiger partial charge in [-0.25, -0.2) is 9.97 Å². The lowest BCUT2D eigenvalue weighted by atomic mass is 10.1. The van der Waals surface area contributed by atoms with Crippen molar-refractivity contribution >= 4 is 28.4 Å². The van der Waals surface area contributed by atoms with E-state index < -0.39 is 5.60 Å². The van der Waals surface area contributed by atoms with E-state index >= 15 is 0 Å². The Balaban J connectivity index is 2.63. The van der Waals surface area contributed by atoms with E-state index in [-0.39, 0.29) is 0 Å². The van der Waals surface area contributed by atoms with Crippen molar-refractivity contribution < 1.29 is 4.74 Å². The van der Waals surface area contributed by atoms with Gasteiger partial charge in [-0.05, 0) is 43.4 Å². The Morgan fingerprint density at radius 2 is 1.86 bits per heavy atom. The molecule has 4 nitrogen and oxygen atoms in total. The van der Waals surface area contributed by atoms with E-state index in [2.05, 4.69) is 51.9 Å². The van der Waals surface area contributed by atoms with Gasteiger partial charge in [-0.15, -0.1) is 0 Å². The monoisotopic (exact) mass is 397 g/mol. The summed E-state index contributed by atoms with van der Waals surface area (Å²) in [5.41, 5.74) is 1.48. The first-order valence-electron chi connectivity index (χ1n) is 6.92. The molecule has 0 aliphatic carbocycles. The Hall–Kier alpha value is -1.21. The first-order valence-corrected chi connectivity index (χ1v) is 8.00. The molecule has 0 aliphatic rings. The molecule has 0 fully saturated rings. The second kappa shape index (κ2) is 6.70. The Kier molecular flexibility index (Phi) is 5.16. The number of hydrogen-bond acceptors (Lipinski definition) is 4. The van der Waals surface area contributed by atoms with Crippen LogP contribution in [-0.4, -0.2) is 23.6 Å². The highest BCUT2D eigenvalue weighted by Gasteiger charge is 2.26. The van der Waals surface area contributed by atoms with Crippen molar-refractivity contribution in [3.63, 3.8) is 0 Å². The zero-order valence-electron chi connectivity index (χ0n) is 12.8. The third-order valence-corrected chi connectivity index (χ3v) is 4.31. The number of rotatable bonds is 5. The highest BCUT2D eigenvalue weighted by molar-refractivity contribution is 14.1. The maximum absolute atomic E-state index is 5.53. The number of halogens is 1. The fourth-order valence-corrected chi connectivity index (χ4v) is 2.62. The van der Waals surface area contributed by atoms with Gasteiger partial charge >= 0.3 is 0 Å². The molecule has 0 spiro atoms. The van der Waals surface area contributed by atoms with Crippen molar-refractivity contribution in [3.8, 4) is 11.3 Å². The largest absolute Gasteiger partial charge is 0.371 e. The van der Waals surface area contributed by atoms with E-state index in [9.17, 15) is 0 Å². The van der Waals surface area contributed by atoms with Crippen LogP contribution in [0.15, 0.2) is 30.3 Å². The molecule has 5 heteroatoms. The predicted octanol–water partition coefficient (Wildman–Crippen LogP) is 4.06. The van der Waals surface area contributed by atoms with Gasteiger partial charge in [0.15, 0.2) is 5.82 Å². The third-order valence-electron chi connectivity index (χ3n) is 3.29. The van der Waals surface area contributed by atoms with Crippen molar-refractivity contribution in [1.82, 2.24) is 9.97 Å². The molecular weight excluding hydrogens is 377 g/mol. The molecule has 21 heavy (non-hydrogen) atoms. The Bertz CT molecular complexity index is 614. The van der Waals surface area contributed by atoms with Gasteiger partial charge < -0.3 is 10.1 Å². The second-order valence-electron chi connectivity index (χ2n) is 5.17. The molecule has 1 N–H and O–H groups in total. The second-order valence-corrected chi connectivity index (χ2v) is 6.25. The molecule has 0 amide bonds. The lowest BCUT2D eigenvalue weighted by molar-refractivity contribution is 0.0116. The average molecular weight is 397 g/mol. The van der Waals surface area contributed by atoms with Crippen molar-refractivity contribution in [2.75, 3.05) is 19.0 Å². The molecule has 0 saturated heterocycles. The van der Waals surface area contributed by atoms with Crippen molar-refractivity contribution in [1.29, 1.82) is 0 Å². The summed E-state index contributed by atoms with van der Waals surface area (Å²) < 4.78 is 6.56. The van der Waals surface area contributed by atoms with Crippen LogP contribution in [0.3, 0.4) is 0 Å². The maximum Gasteiger partial charge on any atom is 0.162 e. The Morgan fingerprint density at radius 1 is 1.19 bits per heavy atom. The number of nitrogens with zero attached hydrogens (tertiary/aromatic N) is 2. The van der Waals surface area contributed by atoms with Crippen LogP contribution in [-0.2, 0) is 10.3 Å². The van der Waals surface area contributed by atoms with Gasteiger partial charge in [-0.1, -0.05) is 30.3 Å². The summed E-state index contributed by atoms with van der Waals surface area (Å²) in [4.78, 5) is 9.38. The van der Waals surface area contributed by atoms with E-state index in [1.807, 2.05) is 32.0 Å². The minimum atomic E-state index is -0.530. The summed E-state index contributed by atoms with van der Waals surface area (Å²) in [7, 11) is 1.68. The van der Waals surface area contributed by atoms with E-state index in [1.165, 1.54) is 0 Å². The Morgan fingerprint density at radius 3 is 2.43 bits per heavy atom. The van der Waals surface area contributed by atoms with Gasteiger partial charge in [0.25, 0.3) is 0 Å². The number of hydrogen-bond donors (Lipinski definition) is 1. The lowest BCUT2D eigenvalue weighted by Crippen LogP contribution is -2.24. The quantitative estimate of drug-likeness (QED) is 0.774. The molecule has 2 aromatic rings. The molecule has 112 valence electrons. The minimum absolute atomic E-state index is 0.530. The highest BCUT2D eigenvalue weighted by atomic mass is 127. The number of nitrogens with one attached hydrogen (secondary N) is 1. The first kappa shape index (κ1) is 16.2. The zero-order valence-corrected chi connectivity index (χ0v) is 14.9. The molecule has 2 rings (SSSR count). The number of benzene rings is 1. The fraction of sp³-hybridized carbons (Fsp3) is 0.375. The summed E-state index contributed by atoms with van der Waals surface area (Å²) in [5.74, 6) is 1.53. The summed E-state index contributed by atoms with van der Waals surface area (Å²) in [6.07, 6.45) is 0. The number of anilines is 1. The van der Waals surface area contributed by atoms with Crippen molar-refractivity contribution in [2.24, 2.45) is 0 Å². The molecular formula is C16H20IN3O. The molecule has 1 aromatic heterocycles. The molecule has 0 atom stereocenters. The highest BCUT2D eigenvalue weighted by Crippen LogP contribution is 2.31. The van der Waals surface area contributed by atoms with Gasteiger partial charge in [-0.2, -0.15) is 0 Å². The minimum Gasteiger partial charge on any atom is -0.371 e. The SMILES string of the molecule is CCNc1nc(C(C)(C)OC)nc(-c2ccccc2)c1I. The molecule has 0 radical (unpaired) electrons. The third kappa shape index (κ3) is 3.52. The van der Waals surface area contributed by atoms with E-state index in [1.54, 1.807) is 7.11 Å². The fourth-order valence-electron chi connectivity index (χ4n) is 1.88. The normalized spacial score (nSPS) is 11.5. The van der Waals surface area contributed by atoms with Crippen molar-refractivity contribution in [3.05, 3.63) is 39.7 Å². The van der Waals surface area contributed by atoms with Gasteiger partial charge in [0.1, 0.15) is 11.4 Å². The first-order chi connectivity index (χ1) is 9.99. The predicted molar refractivity (Wildman–Crippen MR) is 94.4 cm³/mol. The summed E-state index contributed by atoms with van der Waals surface area (Å²) >= 11 is 2.30. The molecule has 1 heterocycles. The van der Waals surface area contributed by atoms with Crippen LogP contribution < -0.4 is 5.32 Å². The summed E-state index contributed by atoms with van der Waals surface area (Å²) in [6.45, 7) is 6.81. The standard InChI is InChI=1S/C16H20IN3O/c1-5-18-14-12(17)13(11-9-7-6-8-10-11)19-15(20-14)16(2,3)21-4/h6-10H,5H2,1-4H3,(H,18,19,20). The zero-order chi connectivity index (χ0) is 15.5. The summed E-state index contributed by atoms with van der Waals surface area (Å²) in [5, 5.41) is 3.31. The molecule has 0 bridgehead atoms. The topological polar surface area (TPSA) is 47.0 Å². The van der Waals surface area contributed by atoms with Crippen LogP contribution in [0.5, 0.6) is 0 Å². The number of methoxy groups -OCH3 is 1. The van der Waals surface area contributed by atoms with Crippen molar-refractivity contribution in [2.45, 2.75) is 26.4 Å². The molecule has 1 aromatic carbocycles.